The normalized spacial score (nSPS) is 10.6. The Labute approximate surface area is 142 Å². The van der Waals surface area contributed by atoms with Gasteiger partial charge in [-0.15, -0.1) is 0 Å². The fourth-order valence-corrected chi connectivity index (χ4v) is 2.43. The van der Waals surface area contributed by atoms with Crippen molar-refractivity contribution in [2.24, 2.45) is 0 Å². The zero-order chi connectivity index (χ0) is 17.4. The molecule has 0 unspecified atom stereocenters. The highest BCUT2D eigenvalue weighted by molar-refractivity contribution is 6.11. The predicted octanol–water partition coefficient (Wildman–Crippen LogP) is 4.75. The van der Waals surface area contributed by atoms with Crippen LogP contribution in [0, 0.1) is 0 Å². The van der Waals surface area contributed by atoms with Gasteiger partial charge in [-0.2, -0.15) is 0 Å². The minimum Gasteiger partial charge on any atom is -0.462 e. The van der Waals surface area contributed by atoms with Crippen LogP contribution in [0.1, 0.15) is 60.2 Å². The monoisotopic (exact) mass is 328 g/mol. The Kier molecular flexibility index (Phi) is 6.79. The lowest BCUT2D eigenvalue weighted by atomic mass is 9.99. The van der Waals surface area contributed by atoms with Crippen LogP contribution in [0.3, 0.4) is 0 Å². The fourth-order valence-electron chi connectivity index (χ4n) is 2.43. The Morgan fingerprint density at radius 1 is 0.750 bits per heavy atom. The summed E-state index contributed by atoms with van der Waals surface area (Å²) in [6, 6.07) is 10.6. The van der Waals surface area contributed by atoms with E-state index in [1.165, 1.54) is 0 Å². The van der Waals surface area contributed by atoms with Gasteiger partial charge in [0.15, 0.2) is 0 Å². The molecule has 0 saturated carbocycles. The third-order valence-corrected chi connectivity index (χ3v) is 3.83. The minimum atomic E-state index is -0.356. The first-order chi connectivity index (χ1) is 11.7. The molecule has 0 spiro atoms. The summed E-state index contributed by atoms with van der Waals surface area (Å²) < 4.78 is 10.6. The van der Waals surface area contributed by atoms with Gasteiger partial charge in [-0.1, -0.05) is 51.0 Å². The number of benzene rings is 2. The standard InChI is InChI=1S/C20H24O4/c1-3-5-13-23-19(21)17-11-12-18(20(22)24-14-6-4-2)16-10-8-7-9-15(16)17/h7-12H,3-6,13-14H2,1-2H3. The molecule has 0 bridgehead atoms. The second-order valence-electron chi connectivity index (χ2n) is 5.69. The van der Waals surface area contributed by atoms with Gasteiger partial charge in [-0.05, 0) is 35.7 Å². The van der Waals surface area contributed by atoms with Gasteiger partial charge in [0.2, 0.25) is 0 Å². The summed E-state index contributed by atoms with van der Waals surface area (Å²) in [7, 11) is 0. The molecule has 128 valence electrons. The molecule has 0 fully saturated rings. The smallest absolute Gasteiger partial charge is 0.338 e. The highest BCUT2D eigenvalue weighted by atomic mass is 16.5. The molecule has 2 aromatic rings. The Hall–Kier alpha value is -2.36. The van der Waals surface area contributed by atoms with Crippen molar-refractivity contribution in [2.45, 2.75) is 39.5 Å². The van der Waals surface area contributed by atoms with Gasteiger partial charge in [-0.25, -0.2) is 9.59 Å². The number of hydrogen-bond acceptors (Lipinski definition) is 4. The molecule has 0 aromatic heterocycles. The van der Waals surface area contributed by atoms with Crippen molar-refractivity contribution < 1.29 is 19.1 Å². The molecule has 0 saturated heterocycles. The number of unbranched alkanes of at least 4 members (excludes halogenated alkanes) is 2. The third-order valence-electron chi connectivity index (χ3n) is 3.83. The van der Waals surface area contributed by atoms with E-state index in [0.29, 0.717) is 35.1 Å². The Morgan fingerprint density at radius 3 is 1.54 bits per heavy atom. The summed E-state index contributed by atoms with van der Waals surface area (Å²) in [5.41, 5.74) is 0.957. The molecule has 0 aliphatic rings. The van der Waals surface area contributed by atoms with E-state index in [9.17, 15) is 9.59 Å². The van der Waals surface area contributed by atoms with E-state index in [-0.39, 0.29) is 11.9 Å². The summed E-state index contributed by atoms with van der Waals surface area (Å²) in [6.45, 7) is 4.90. The summed E-state index contributed by atoms with van der Waals surface area (Å²) in [5.74, 6) is -0.712. The van der Waals surface area contributed by atoms with Crippen LogP contribution in [-0.2, 0) is 9.47 Å². The van der Waals surface area contributed by atoms with E-state index >= 15 is 0 Å². The van der Waals surface area contributed by atoms with E-state index in [4.69, 9.17) is 9.47 Å². The minimum absolute atomic E-state index is 0.356. The third kappa shape index (κ3) is 4.34. The lowest BCUT2D eigenvalue weighted by molar-refractivity contribution is 0.0488. The van der Waals surface area contributed by atoms with Crippen molar-refractivity contribution in [3.63, 3.8) is 0 Å². The highest BCUT2D eigenvalue weighted by Gasteiger charge is 2.17. The Morgan fingerprint density at radius 2 is 1.17 bits per heavy atom. The lowest BCUT2D eigenvalue weighted by Crippen LogP contribution is -2.10. The number of fused-ring (bicyclic) bond motifs is 1. The summed E-state index contributed by atoms with van der Waals surface area (Å²) in [5, 5.41) is 1.42. The Bertz CT molecular complexity index is 645. The van der Waals surface area contributed by atoms with E-state index in [1.807, 2.05) is 38.1 Å². The first kappa shape index (κ1) is 18.0. The molecule has 4 nitrogen and oxygen atoms in total. The van der Waals surface area contributed by atoms with Gasteiger partial charge in [-0.3, -0.25) is 0 Å². The SMILES string of the molecule is CCCCOC(=O)c1ccc(C(=O)OCCCC)c2ccccc12. The van der Waals surface area contributed by atoms with Crippen LogP contribution >= 0.6 is 0 Å². The van der Waals surface area contributed by atoms with Crippen molar-refractivity contribution in [1.29, 1.82) is 0 Å². The molecular formula is C20H24O4. The zero-order valence-electron chi connectivity index (χ0n) is 14.3. The molecule has 0 atom stereocenters. The van der Waals surface area contributed by atoms with E-state index in [1.54, 1.807) is 12.1 Å². The molecule has 0 radical (unpaired) electrons. The van der Waals surface area contributed by atoms with Crippen molar-refractivity contribution in [3.05, 3.63) is 47.5 Å². The number of hydrogen-bond donors (Lipinski definition) is 0. The van der Waals surface area contributed by atoms with E-state index in [2.05, 4.69) is 0 Å². The van der Waals surface area contributed by atoms with Crippen LogP contribution < -0.4 is 0 Å². The van der Waals surface area contributed by atoms with Crippen molar-refractivity contribution in [2.75, 3.05) is 13.2 Å². The number of ether oxygens (including phenoxy) is 2. The second-order valence-corrected chi connectivity index (χ2v) is 5.69. The zero-order valence-corrected chi connectivity index (χ0v) is 14.3. The van der Waals surface area contributed by atoms with Crippen molar-refractivity contribution in [1.82, 2.24) is 0 Å². The van der Waals surface area contributed by atoms with Crippen LogP contribution in [-0.4, -0.2) is 25.2 Å². The molecule has 4 heteroatoms. The van der Waals surface area contributed by atoms with Gasteiger partial charge >= 0.3 is 11.9 Å². The van der Waals surface area contributed by atoms with Gasteiger partial charge in [0, 0.05) is 0 Å². The summed E-state index contributed by atoms with van der Waals surface area (Å²) >= 11 is 0. The first-order valence-electron chi connectivity index (χ1n) is 8.55. The van der Waals surface area contributed by atoms with Crippen molar-refractivity contribution in [3.8, 4) is 0 Å². The van der Waals surface area contributed by atoms with Crippen LogP contribution in [0.25, 0.3) is 10.8 Å². The van der Waals surface area contributed by atoms with E-state index in [0.717, 1.165) is 25.7 Å². The van der Waals surface area contributed by atoms with E-state index < -0.39 is 0 Å². The van der Waals surface area contributed by atoms with Crippen LogP contribution in [0.2, 0.25) is 0 Å². The molecule has 2 rings (SSSR count). The highest BCUT2D eigenvalue weighted by Crippen LogP contribution is 2.24. The van der Waals surface area contributed by atoms with Crippen LogP contribution in [0.15, 0.2) is 36.4 Å². The summed E-state index contributed by atoms with van der Waals surface area (Å²) in [4.78, 5) is 24.6. The average Bonchev–Trinajstić information content (AvgIpc) is 2.61. The summed E-state index contributed by atoms with van der Waals surface area (Å²) in [6.07, 6.45) is 3.62. The maximum atomic E-state index is 12.3. The van der Waals surface area contributed by atoms with Gasteiger partial charge in [0.1, 0.15) is 0 Å². The molecule has 0 aliphatic carbocycles. The number of esters is 2. The number of carbonyl (C=O) groups is 2. The molecule has 0 heterocycles. The lowest BCUT2D eigenvalue weighted by Gasteiger charge is -2.11. The average molecular weight is 328 g/mol. The Balaban J connectivity index is 2.29. The predicted molar refractivity (Wildman–Crippen MR) is 94.3 cm³/mol. The topological polar surface area (TPSA) is 52.6 Å². The molecule has 0 N–H and O–H groups in total. The van der Waals surface area contributed by atoms with Crippen molar-refractivity contribution >= 4 is 22.7 Å². The molecule has 2 aromatic carbocycles. The molecule has 0 amide bonds. The van der Waals surface area contributed by atoms with Gasteiger partial charge < -0.3 is 9.47 Å². The number of rotatable bonds is 8. The largest absolute Gasteiger partial charge is 0.462 e. The van der Waals surface area contributed by atoms with Gasteiger partial charge in [0.05, 0.1) is 24.3 Å². The molecular weight excluding hydrogens is 304 g/mol. The quantitative estimate of drug-likeness (QED) is 0.518. The van der Waals surface area contributed by atoms with Crippen LogP contribution in [0.4, 0.5) is 0 Å². The fraction of sp³-hybridized carbons (Fsp3) is 0.400. The maximum Gasteiger partial charge on any atom is 0.338 e. The van der Waals surface area contributed by atoms with Crippen LogP contribution in [0.5, 0.6) is 0 Å². The first-order valence-corrected chi connectivity index (χ1v) is 8.55. The second kappa shape index (κ2) is 9.06. The maximum absolute atomic E-state index is 12.3. The molecule has 24 heavy (non-hydrogen) atoms. The molecule has 0 aliphatic heterocycles. The van der Waals surface area contributed by atoms with Gasteiger partial charge in [0.25, 0.3) is 0 Å². The number of carbonyl (C=O) groups excluding carboxylic acids is 2.